The summed E-state index contributed by atoms with van der Waals surface area (Å²) in [5.41, 5.74) is 7.49. The third-order valence-electron chi connectivity index (χ3n) is 6.86. The SMILES string of the molecule is COc1ccc(/C=C(\NC(=O)c2ccccc2)C(=O)Nc2ccc(SC3CC(=O)N(c4ccc(C(N)=O)cc4)C3=O)cc2)cc1. The Morgan fingerprint density at radius 2 is 1.53 bits per heavy atom. The third kappa shape index (κ3) is 7.46. The number of rotatable bonds is 10. The van der Waals surface area contributed by atoms with Crippen LogP contribution in [0.1, 0.15) is 32.7 Å². The van der Waals surface area contributed by atoms with Crippen LogP contribution in [0.5, 0.6) is 5.75 Å². The third-order valence-corrected chi connectivity index (χ3v) is 8.06. The molecule has 226 valence electrons. The van der Waals surface area contributed by atoms with Crippen LogP contribution in [0.15, 0.2) is 114 Å². The van der Waals surface area contributed by atoms with Gasteiger partial charge in [-0.15, -0.1) is 11.8 Å². The van der Waals surface area contributed by atoms with Crippen molar-refractivity contribution in [1.82, 2.24) is 5.32 Å². The molecule has 0 aromatic heterocycles. The maximum atomic E-state index is 13.3. The predicted molar refractivity (Wildman–Crippen MR) is 172 cm³/mol. The van der Waals surface area contributed by atoms with Crippen LogP contribution in [0.25, 0.3) is 6.08 Å². The zero-order valence-corrected chi connectivity index (χ0v) is 24.9. The first-order chi connectivity index (χ1) is 21.7. The summed E-state index contributed by atoms with van der Waals surface area (Å²) in [7, 11) is 1.56. The van der Waals surface area contributed by atoms with Crippen LogP contribution in [0, 0.1) is 0 Å². The summed E-state index contributed by atoms with van der Waals surface area (Å²) in [5.74, 6) is -1.63. The summed E-state index contributed by atoms with van der Waals surface area (Å²) < 4.78 is 5.20. The number of hydrogen-bond donors (Lipinski definition) is 3. The summed E-state index contributed by atoms with van der Waals surface area (Å²) in [6, 6.07) is 28.4. The van der Waals surface area contributed by atoms with Crippen LogP contribution in [0.2, 0.25) is 0 Å². The number of nitrogens with one attached hydrogen (secondary N) is 2. The molecule has 5 amide bonds. The lowest BCUT2D eigenvalue weighted by molar-refractivity contribution is -0.121. The van der Waals surface area contributed by atoms with Gasteiger partial charge in [0.25, 0.3) is 11.8 Å². The minimum absolute atomic E-state index is 0.0141. The number of thioether (sulfide) groups is 1. The number of methoxy groups -OCH3 is 1. The van der Waals surface area contributed by atoms with E-state index in [9.17, 15) is 24.0 Å². The Kier molecular flexibility index (Phi) is 9.40. The van der Waals surface area contributed by atoms with Gasteiger partial charge in [-0.3, -0.25) is 24.0 Å². The zero-order valence-electron chi connectivity index (χ0n) is 24.1. The Labute approximate surface area is 263 Å². The number of nitrogens with zero attached hydrogens (tertiary/aromatic N) is 1. The van der Waals surface area contributed by atoms with Gasteiger partial charge in [-0.25, -0.2) is 4.90 Å². The molecule has 0 spiro atoms. The van der Waals surface area contributed by atoms with Crippen LogP contribution >= 0.6 is 11.8 Å². The Bertz CT molecular complexity index is 1770. The first-order valence-electron chi connectivity index (χ1n) is 13.8. The van der Waals surface area contributed by atoms with Crippen molar-refractivity contribution in [2.24, 2.45) is 5.73 Å². The smallest absolute Gasteiger partial charge is 0.272 e. The van der Waals surface area contributed by atoms with E-state index >= 15 is 0 Å². The van der Waals surface area contributed by atoms with Gasteiger partial charge in [0.05, 0.1) is 18.0 Å². The van der Waals surface area contributed by atoms with Crippen molar-refractivity contribution in [3.8, 4) is 5.75 Å². The molecule has 4 N–H and O–H groups in total. The molecular formula is C34H28N4O6S. The van der Waals surface area contributed by atoms with Gasteiger partial charge in [0.1, 0.15) is 11.4 Å². The van der Waals surface area contributed by atoms with Gasteiger partial charge in [-0.1, -0.05) is 30.3 Å². The first-order valence-corrected chi connectivity index (χ1v) is 14.7. The van der Waals surface area contributed by atoms with E-state index in [0.29, 0.717) is 28.3 Å². The molecule has 1 saturated heterocycles. The molecule has 45 heavy (non-hydrogen) atoms. The number of benzene rings is 4. The highest BCUT2D eigenvalue weighted by molar-refractivity contribution is 8.00. The van der Waals surface area contributed by atoms with Crippen LogP contribution in [0.3, 0.4) is 0 Å². The van der Waals surface area contributed by atoms with Crippen LogP contribution in [-0.4, -0.2) is 41.9 Å². The van der Waals surface area contributed by atoms with Crippen molar-refractivity contribution in [3.05, 3.63) is 126 Å². The van der Waals surface area contributed by atoms with Crippen LogP contribution in [0.4, 0.5) is 11.4 Å². The molecule has 1 heterocycles. The maximum Gasteiger partial charge on any atom is 0.272 e. The van der Waals surface area contributed by atoms with Crippen molar-refractivity contribution in [2.45, 2.75) is 16.6 Å². The summed E-state index contributed by atoms with van der Waals surface area (Å²) in [4.78, 5) is 65.2. The lowest BCUT2D eigenvalue weighted by atomic mass is 10.1. The molecule has 0 radical (unpaired) electrons. The van der Waals surface area contributed by atoms with E-state index in [1.165, 1.54) is 36.0 Å². The van der Waals surface area contributed by atoms with Crippen LogP contribution in [-0.2, 0) is 14.4 Å². The first kappa shape index (κ1) is 30.8. The normalized spacial score (nSPS) is 14.6. The van der Waals surface area contributed by atoms with Gasteiger partial charge in [0.15, 0.2) is 0 Å². The quantitative estimate of drug-likeness (QED) is 0.173. The monoisotopic (exact) mass is 620 g/mol. The molecule has 1 atom stereocenters. The van der Waals surface area contributed by atoms with Gasteiger partial charge in [0.2, 0.25) is 17.7 Å². The van der Waals surface area contributed by atoms with Crippen molar-refractivity contribution in [2.75, 3.05) is 17.3 Å². The van der Waals surface area contributed by atoms with Crippen LogP contribution < -0.4 is 26.0 Å². The minimum Gasteiger partial charge on any atom is -0.497 e. The van der Waals surface area contributed by atoms with Crippen molar-refractivity contribution < 1.29 is 28.7 Å². The molecule has 1 aliphatic heterocycles. The highest BCUT2D eigenvalue weighted by Gasteiger charge is 2.40. The Hall–Kier alpha value is -5.68. The summed E-state index contributed by atoms with van der Waals surface area (Å²) in [6.07, 6.45) is 1.58. The number of carbonyl (C=O) groups excluding carboxylic acids is 5. The molecule has 5 rings (SSSR count). The van der Waals surface area contributed by atoms with Gasteiger partial charge in [0, 0.05) is 28.1 Å². The summed E-state index contributed by atoms with van der Waals surface area (Å²) >= 11 is 1.24. The fraction of sp³-hybridized carbons (Fsp3) is 0.0882. The average molecular weight is 621 g/mol. The second-order valence-electron chi connectivity index (χ2n) is 9.92. The molecule has 4 aromatic carbocycles. The van der Waals surface area contributed by atoms with Gasteiger partial charge >= 0.3 is 0 Å². The molecule has 1 fully saturated rings. The standard InChI is InChI=1S/C34H28N4O6S/c1-44-26-15-7-21(8-16-26)19-28(37-32(41)23-5-3-2-4-6-23)33(42)36-24-11-17-27(18-12-24)45-29-20-30(39)38(34(29)43)25-13-9-22(10-14-25)31(35)40/h2-19,29H,20H2,1H3,(H2,35,40)(H,36,42)(H,37,41)/b28-19-. The van der Waals surface area contributed by atoms with E-state index in [0.717, 1.165) is 9.80 Å². The fourth-order valence-corrected chi connectivity index (χ4v) is 5.58. The predicted octanol–water partition coefficient (Wildman–Crippen LogP) is 4.63. The Balaban J connectivity index is 1.27. The molecule has 1 unspecified atom stereocenters. The second kappa shape index (κ2) is 13.7. The number of nitrogens with two attached hydrogens (primary N) is 1. The molecule has 10 nitrogen and oxygen atoms in total. The van der Waals surface area contributed by atoms with E-state index in [2.05, 4.69) is 10.6 Å². The van der Waals surface area contributed by atoms with Crippen molar-refractivity contribution >= 4 is 58.7 Å². The van der Waals surface area contributed by atoms with Crippen molar-refractivity contribution in [1.29, 1.82) is 0 Å². The molecule has 0 saturated carbocycles. The number of carbonyl (C=O) groups is 5. The number of hydrogen-bond acceptors (Lipinski definition) is 7. The highest BCUT2D eigenvalue weighted by Crippen LogP contribution is 2.34. The lowest BCUT2D eigenvalue weighted by Crippen LogP contribution is -2.31. The lowest BCUT2D eigenvalue weighted by Gasteiger charge is -2.15. The Morgan fingerprint density at radius 3 is 2.16 bits per heavy atom. The Morgan fingerprint density at radius 1 is 0.867 bits per heavy atom. The van der Waals surface area contributed by atoms with Gasteiger partial charge < -0.3 is 21.1 Å². The number of imide groups is 1. The summed E-state index contributed by atoms with van der Waals surface area (Å²) in [5, 5.41) is 4.87. The number of ether oxygens (including phenoxy) is 1. The molecule has 0 bridgehead atoms. The van der Waals surface area contributed by atoms with Gasteiger partial charge in [-0.2, -0.15) is 0 Å². The second-order valence-corrected chi connectivity index (χ2v) is 11.2. The van der Waals surface area contributed by atoms with Gasteiger partial charge in [-0.05, 0) is 84.4 Å². The topological polar surface area (TPSA) is 148 Å². The minimum atomic E-state index is -0.638. The van der Waals surface area contributed by atoms with E-state index in [4.69, 9.17) is 10.5 Å². The molecule has 1 aliphatic rings. The largest absolute Gasteiger partial charge is 0.497 e. The van der Waals surface area contributed by atoms with E-state index in [1.807, 2.05) is 0 Å². The molecule has 0 aliphatic carbocycles. The highest BCUT2D eigenvalue weighted by atomic mass is 32.2. The fourth-order valence-electron chi connectivity index (χ4n) is 4.53. The molecular weight excluding hydrogens is 592 g/mol. The average Bonchev–Trinajstić information content (AvgIpc) is 3.33. The number of anilines is 2. The van der Waals surface area contributed by atoms with E-state index in [-0.39, 0.29) is 29.5 Å². The van der Waals surface area contributed by atoms with E-state index < -0.39 is 23.0 Å². The number of primary amides is 1. The number of amides is 5. The van der Waals surface area contributed by atoms with Crippen molar-refractivity contribution in [3.63, 3.8) is 0 Å². The van der Waals surface area contributed by atoms with E-state index in [1.54, 1.807) is 92.0 Å². The maximum absolute atomic E-state index is 13.3. The molecule has 4 aromatic rings. The zero-order chi connectivity index (χ0) is 31.9. The molecule has 11 heteroatoms. The summed E-state index contributed by atoms with van der Waals surface area (Å²) in [6.45, 7) is 0.